The zero-order valence-corrected chi connectivity index (χ0v) is 11.9. The minimum Gasteiger partial charge on any atom is -0.497 e. The molecule has 1 aromatic carbocycles. The predicted molar refractivity (Wildman–Crippen MR) is 76.5 cm³/mol. The van der Waals surface area contributed by atoms with Gasteiger partial charge in [-0.05, 0) is 30.5 Å². The first-order valence-electron chi connectivity index (χ1n) is 6.17. The number of hydrogen-bond donors (Lipinski definition) is 1. The molecule has 5 heteroatoms. The van der Waals surface area contributed by atoms with Crippen molar-refractivity contribution in [2.45, 2.75) is 18.9 Å². The van der Waals surface area contributed by atoms with Crippen LogP contribution in [0.2, 0.25) is 5.02 Å². The first-order valence-corrected chi connectivity index (χ1v) is 6.55. The van der Waals surface area contributed by atoms with E-state index in [-0.39, 0.29) is 6.04 Å². The maximum Gasteiger partial charge on any atom is 0.118 e. The summed E-state index contributed by atoms with van der Waals surface area (Å²) in [6.07, 6.45) is 3.35. The lowest BCUT2D eigenvalue weighted by Gasteiger charge is -2.13. The summed E-state index contributed by atoms with van der Waals surface area (Å²) in [6.45, 7) is 0. The van der Waals surface area contributed by atoms with Crippen molar-refractivity contribution in [1.82, 2.24) is 9.78 Å². The zero-order valence-electron chi connectivity index (χ0n) is 11.1. The summed E-state index contributed by atoms with van der Waals surface area (Å²) < 4.78 is 6.87. The van der Waals surface area contributed by atoms with E-state index in [1.807, 2.05) is 19.2 Å². The van der Waals surface area contributed by atoms with Crippen molar-refractivity contribution in [3.8, 4) is 5.75 Å². The van der Waals surface area contributed by atoms with Crippen LogP contribution < -0.4 is 10.5 Å². The van der Waals surface area contributed by atoms with Crippen molar-refractivity contribution < 1.29 is 4.74 Å². The first kappa shape index (κ1) is 13.9. The molecule has 2 N–H and O–H groups in total. The molecule has 0 amide bonds. The fourth-order valence-electron chi connectivity index (χ4n) is 2.09. The molecule has 0 spiro atoms. The smallest absolute Gasteiger partial charge is 0.118 e. The van der Waals surface area contributed by atoms with E-state index >= 15 is 0 Å². The van der Waals surface area contributed by atoms with E-state index in [9.17, 15) is 0 Å². The molecule has 0 aliphatic rings. The Morgan fingerprint density at radius 2 is 2.05 bits per heavy atom. The number of ether oxygens (including phenoxy) is 1. The quantitative estimate of drug-likeness (QED) is 0.916. The topological polar surface area (TPSA) is 53.1 Å². The van der Waals surface area contributed by atoms with E-state index < -0.39 is 0 Å². The Bertz CT molecular complexity index is 517. The van der Waals surface area contributed by atoms with Gasteiger partial charge in [-0.2, -0.15) is 5.10 Å². The van der Waals surface area contributed by atoms with Crippen LogP contribution in [0.4, 0.5) is 0 Å². The van der Waals surface area contributed by atoms with Crippen LogP contribution in [0.15, 0.2) is 30.5 Å². The zero-order chi connectivity index (χ0) is 13.8. The van der Waals surface area contributed by atoms with E-state index in [0.29, 0.717) is 5.02 Å². The van der Waals surface area contributed by atoms with Crippen molar-refractivity contribution >= 4 is 11.6 Å². The van der Waals surface area contributed by atoms with Crippen LogP contribution in [0.3, 0.4) is 0 Å². The van der Waals surface area contributed by atoms with Gasteiger partial charge in [-0.15, -0.1) is 0 Å². The van der Waals surface area contributed by atoms with Crippen LogP contribution in [-0.4, -0.2) is 16.9 Å². The molecule has 1 atom stereocenters. The van der Waals surface area contributed by atoms with Crippen LogP contribution in [0, 0.1) is 0 Å². The van der Waals surface area contributed by atoms with Crippen LogP contribution in [0.1, 0.15) is 23.7 Å². The largest absolute Gasteiger partial charge is 0.497 e. The maximum atomic E-state index is 6.18. The number of aromatic nitrogens is 2. The second-order valence-corrected chi connectivity index (χ2v) is 4.90. The average Bonchev–Trinajstić information content (AvgIpc) is 2.76. The SMILES string of the molecule is COc1ccc(CCC(N)c2c(Cl)cnn2C)cc1. The highest BCUT2D eigenvalue weighted by Crippen LogP contribution is 2.24. The molecule has 1 heterocycles. The van der Waals surface area contributed by atoms with Gasteiger partial charge in [0, 0.05) is 13.1 Å². The third-order valence-electron chi connectivity index (χ3n) is 3.19. The number of nitrogens with two attached hydrogens (primary N) is 1. The molecular formula is C14H18ClN3O. The Labute approximate surface area is 118 Å². The number of hydrogen-bond acceptors (Lipinski definition) is 3. The highest BCUT2D eigenvalue weighted by Gasteiger charge is 2.14. The summed E-state index contributed by atoms with van der Waals surface area (Å²) in [5.74, 6) is 0.864. The highest BCUT2D eigenvalue weighted by molar-refractivity contribution is 6.31. The molecule has 0 aliphatic carbocycles. The molecule has 1 aromatic heterocycles. The van der Waals surface area contributed by atoms with E-state index in [0.717, 1.165) is 24.3 Å². The number of nitrogens with zero attached hydrogens (tertiary/aromatic N) is 2. The monoisotopic (exact) mass is 279 g/mol. The molecule has 0 aliphatic heterocycles. The molecule has 0 saturated carbocycles. The Balaban J connectivity index is 1.98. The molecule has 4 nitrogen and oxygen atoms in total. The second kappa shape index (κ2) is 6.08. The van der Waals surface area contributed by atoms with Crippen molar-refractivity contribution in [2.75, 3.05) is 7.11 Å². The van der Waals surface area contributed by atoms with Gasteiger partial charge in [0.1, 0.15) is 5.75 Å². The molecule has 0 bridgehead atoms. The fraction of sp³-hybridized carbons (Fsp3) is 0.357. The standard InChI is InChI=1S/C14H18ClN3O/c1-18-14(12(15)9-17-18)13(16)8-5-10-3-6-11(19-2)7-4-10/h3-4,6-7,9,13H,5,8,16H2,1-2H3. The molecular weight excluding hydrogens is 262 g/mol. The lowest BCUT2D eigenvalue weighted by Crippen LogP contribution is -2.16. The molecule has 0 radical (unpaired) electrons. The van der Waals surface area contributed by atoms with Crippen LogP contribution in [0.5, 0.6) is 5.75 Å². The fourth-order valence-corrected chi connectivity index (χ4v) is 2.39. The molecule has 2 aromatic rings. The van der Waals surface area contributed by atoms with E-state index in [4.69, 9.17) is 22.1 Å². The van der Waals surface area contributed by atoms with Crippen molar-refractivity contribution in [3.05, 3.63) is 46.7 Å². The van der Waals surface area contributed by atoms with E-state index in [1.54, 1.807) is 18.0 Å². The summed E-state index contributed by atoms with van der Waals surface area (Å²) in [4.78, 5) is 0. The van der Waals surface area contributed by atoms with Gasteiger partial charge in [0.25, 0.3) is 0 Å². The Kier molecular flexibility index (Phi) is 4.45. The van der Waals surface area contributed by atoms with Gasteiger partial charge in [-0.25, -0.2) is 0 Å². The molecule has 2 rings (SSSR count). The van der Waals surface area contributed by atoms with Gasteiger partial charge in [-0.1, -0.05) is 23.7 Å². The maximum absolute atomic E-state index is 6.18. The van der Waals surface area contributed by atoms with Crippen LogP contribution in [-0.2, 0) is 13.5 Å². The summed E-state index contributed by atoms with van der Waals surface area (Å²) in [5, 5.41) is 4.73. The second-order valence-electron chi connectivity index (χ2n) is 4.49. The van der Waals surface area contributed by atoms with Gasteiger partial charge in [0.15, 0.2) is 0 Å². The van der Waals surface area contributed by atoms with Gasteiger partial charge in [0.2, 0.25) is 0 Å². The third-order valence-corrected chi connectivity index (χ3v) is 3.48. The van der Waals surface area contributed by atoms with Gasteiger partial charge >= 0.3 is 0 Å². The molecule has 0 fully saturated rings. The first-order chi connectivity index (χ1) is 9.11. The summed E-state index contributed by atoms with van der Waals surface area (Å²) >= 11 is 6.08. The summed E-state index contributed by atoms with van der Waals surface area (Å²) in [5.41, 5.74) is 8.29. The number of halogens is 1. The highest BCUT2D eigenvalue weighted by atomic mass is 35.5. The summed E-state index contributed by atoms with van der Waals surface area (Å²) in [7, 11) is 3.52. The Morgan fingerprint density at radius 1 is 1.37 bits per heavy atom. The minimum atomic E-state index is -0.109. The minimum absolute atomic E-state index is 0.109. The van der Waals surface area contributed by atoms with Crippen molar-refractivity contribution in [1.29, 1.82) is 0 Å². The van der Waals surface area contributed by atoms with Gasteiger partial charge in [0.05, 0.1) is 24.0 Å². The van der Waals surface area contributed by atoms with E-state index in [1.165, 1.54) is 5.56 Å². The molecule has 19 heavy (non-hydrogen) atoms. The Morgan fingerprint density at radius 3 is 2.58 bits per heavy atom. The number of aryl methyl sites for hydroxylation is 2. The number of benzene rings is 1. The Hall–Kier alpha value is -1.52. The van der Waals surface area contributed by atoms with Gasteiger partial charge in [-0.3, -0.25) is 4.68 Å². The van der Waals surface area contributed by atoms with Crippen molar-refractivity contribution in [2.24, 2.45) is 12.8 Å². The van der Waals surface area contributed by atoms with Crippen LogP contribution >= 0.6 is 11.6 Å². The van der Waals surface area contributed by atoms with Gasteiger partial charge < -0.3 is 10.5 Å². The molecule has 1 unspecified atom stereocenters. The predicted octanol–water partition coefficient (Wildman–Crippen LogP) is 2.71. The number of rotatable bonds is 5. The lowest BCUT2D eigenvalue weighted by atomic mass is 10.0. The lowest BCUT2D eigenvalue weighted by molar-refractivity contribution is 0.414. The number of methoxy groups -OCH3 is 1. The van der Waals surface area contributed by atoms with E-state index in [2.05, 4.69) is 17.2 Å². The normalized spacial score (nSPS) is 12.4. The van der Waals surface area contributed by atoms with Crippen molar-refractivity contribution in [3.63, 3.8) is 0 Å². The summed E-state index contributed by atoms with van der Waals surface area (Å²) in [6, 6.07) is 7.91. The average molecular weight is 280 g/mol. The molecule has 0 saturated heterocycles. The van der Waals surface area contributed by atoms with Crippen LogP contribution in [0.25, 0.3) is 0 Å². The third kappa shape index (κ3) is 3.28. The molecule has 102 valence electrons.